The first kappa shape index (κ1) is 11.6. The molecule has 1 N–H and O–H groups in total. The lowest BCUT2D eigenvalue weighted by molar-refractivity contribution is 0.174. The van der Waals surface area contributed by atoms with Crippen LogP contribution < -0.4 is 4.90 Å². The number of aliphatic hydroxyl groups excluding tert-OH is 1. The Labute approximate surface area is 111 Å². The predicted octanol–water partition coefficient (Wildman–Crippen LogP) is 3.20. The fourth-order valence-corrected chi connectivity index (χ4v) is 3.45. The summed E-state index contributed by atoms with van der Waals surface area (Å²) in [6.07, 6.45) is 1.81. The van der Waals surface area contributed by atoms with Crippen LogP contribution in [0.4, 0.5) is 5.69 Å². The zero-order valence-electron chi connectivity index (χ0n) is 9.44. The molecule has 0 radical (unpaired) electrons. The predicted molar refractivity (Wildman–Crippen MR) is 70.9 cm³/mol. The van der Waals surface area contributed by atoms with Crippen LogP contribution in [-0.4, -0.2) is 24.3 Å². The van der Waals surface area contributed by atoms with Gasteiger partial charge in [-0.25, -0.2) is 0 Å². The number of hydrogen-bond donors (Lipinski definition) is 1. The van der Waals surface area contributed by atoms with Crippen LogP contribution in [0.1, 0.15) is 12.8 Å². The highest BCUT2D eigenvalue weighted by atomic mass is 35.5. The number of rotatable bonds is 1. The molecule has 0 aromatic heterocycles. The first-order chi connectivity index (χ1) is 8.13. The fraction of sp³-hybridized carbons (Fsp3) is 0.538. The summed E-state index contributed by atoms with van der Waals surface area (Å²) in [5, 5.41) is 10.8. The zero-order chi connectivity index (χ0) is 12.0. The van der Waals surface area contributed by atoms with Crippen molar-refractivity contribution >= 4 is 28.9 Å². The number of nitrogens with zero attached hydrogens (tertiary/aromatic N) is 1. The molecule has 0 amide bonds. The Morgan fingerprint density at radius 2 is 1.71 bits per heavy atom. The highest BCUT2D eigenvalue weighted by Crippen LogP contribution is 2.40. The quantitative estimate of drug-likeness (QED) is 0.848. The molecule has 1 aromatic carbocycles. The molecular formula is C13H15Cl2NO. The number of benzene rings is 1. The van der Waals surface area contributed by atoms with Crippen molar-refractivity contribution in [3.63, 3.8) is 0 Å². The second-order valence-corrected chi connectivity index (χ2v) is 5.96. The van der Waals surface area contributed by atoms with Crippen molar-refractivity contribution in [1.29, 1.82) is 0 Å². The van der Waals surface area contributed by atoms with Gasteiger partial charge in [0.2, 0.25) is 0 Å². The van der Waals surface area contributed by atoms with Crippen LogP contribution in [0.15, 0.2) is 18.2 Å². The van der Waals surface area contributed by atoms with Crippen LogP contribution in [0.2, 0.25) is 10.0 Å². The maximum absolute atomic E-state index is 9.62. The van der Waals surface area contributed by atoms with Crippen molar-refractivity contribution in [3.05, 3.63) is 28.2 Å². The van der Waals surface area contributed by atoms with Gasteiger partial charge in [0.1, 0.15) is 0 Å². The van der Waals surface area contributed by atoms with Gasteiger partial charge in [-0.3, -0.25) is 0 Å². The molecule has 1 saturated carbocycles. The summed E-state index contributed by atoms with van der Waals surface area (Å²) < 4.78 is 0. The number of fused-ring (bicyclic) bond motifs is 1. The molecule has 2 nitrogen and oxygen atoms in total. The monoisotopic (exact) mass is 271 g/mol. The lowest BCUT2D eigenvalue weighted by Gasteiger charge is -2.20. The largest absolute Gasteiger partial charge is 0.393 e. The summed E-state index contributed by atoms with van der Waals surface area (Å²) in [4.78, 5) is 2.35. The molecule has 1 saturated heterocycles. The smallest absolute Gasteiger partial charge is 0.0612 e. The molecule has 92 valence electrons. The molecule has 2 aliphatic rings. The van der Waals surface area contributed by atoms with Gasteiger partial charge >= 0.3 is 0 Å². The fourth-order valence-electron chi connectivity index (χ4n) is 3.16. The second kappa shape index (κ2) is 4.34. The summed E-state index contributed by atoms with van der Waals surface area (Å²) in [6.45, 7) is 2.05. The lowest BCUT2D eigenvalue weighted by Crippen LogP contribution is -2.22. The van der Waals surface area contributed by atoms with Crippen LogP contribution in [-0.2, 0) is 0 Å². The molecular weight excluding hydrogens is 257 g/mol. The molecule has 4 heteroatoms. The van der Waals surface area contributed by atoms with Crippen molar-refractivity contribution in [1.82, 2.24) is 0 Å². The highest BCUT2D eigenvalue weighted by Gasteiger charge is 2.40. The minimum absolute atomic E-state index is 0.0824. The van der Waals surface area contributed by atoms with E-state index in [0.29, 0.717) is 21.9 Å². The van der Waals surface area contributed by atoms with E-state index in [2.05, 4.69) is 4.90 Å². The average molecular weight is 272 g/mol. The van der Waals surface area contributed by atoms with E-state index in [1.165, 1.54) is 0 Å². The van der Waals surface area contributed by atoms with Crippen LogP contribution >= 0.6 is 23.2 Å². The van der Waals surface area contributed by atoms with E-state index in [-0.39, 0.29) is 6.10 Å². The van der Waals surface area contributed by atoms with Crippen molar-refractivity contribution < 1.29 is 5.11 Å². The Kier molecular flexibility index (Phi) is 2.97. The molecule has 1 aliphatic heterocycles. The third kappa shape index (κ3) is 2.14. The van der Waals surface area contributed by atoms with Gasteiger partial charge in [-0.1, -0.05) is 23.2 Å². The van der Waals surface area contributed by atoms with E-state index in [4.69, 9.17) is 23.2 Å². The third-order valence-electron chi connectivity index (χ3n) is 3.99. The van der Waals surface area contributed by atoms with E-state index in [9.17, 15) is 5.11 Å². The number of halogens is 2. The first-order valence-corrected chi connectivity index (χ1v) is 6.77. The van der Waals surface area contributed by atoms with Gasteiger partial charge in [0.15, 0.2) is 0 Å². The molecule has 3 atom stereocenters. The summed E-state index contributed by atoms with van der Waals surface area (Å²) in [6, 6.07) is 5.80. The van der Waals surface area contributed by atoms with E-state index in [1.807, 2.05) is 18.2 Å². The summed E-state index contributed by atoms with van der Waals surface area (Å²) in [7, 11) is 0. The summed E-state index contributed by atoms with van der Waals surface area (Å²) in [5.74, 6) is 1.28. The van der Waals surface area contributed by atoms with Gasteiger partial charge in [-0.2, -0.15) is 0 Å². The van der Waals surface area contributed by atoms with Gasteiger partial charge in [0.25, 0.3) is 0 Å². The molecule has 1 aliphatic carbocycles. The Morgan fingerprint density at radius 3 is 2.29 bits per heavy atom. The average Bonchev–Trinajstić information content (AvgIpc) is 2.79. The number of anilines is 1. The Balaban J connectivity index is 1.77. The molecule has 3 rings (SSSR count). The minimum atomic E-state index is -0.0824. The Hall–Kier alpha value is -0.440. The highest BCUT2D eigenvalue weighted by molar-refractivity contribution is 6.42. The Bertz CT molecular complexity index is 423. The maximum Gasteiger partial charge on any atom is 0.0612 e. The van der Waals surface area contributed by atoms with Gasteiger partial charge in [-0.15, -0.1) is 0 Å². The minimum Gasteiger partial charge on any atom is -0.393 e. The molecule has 1 aromatic rings. The van der Waals surface area contributed by atoms with E-state index < -0.39 is 0 Å². The zero-order valence-corrected chi connectivity index (χ0v) is 11.0. The summed E-state index contributed by atoms with van der Waals surface area (Å²) in [5.41, 5.74) is 1.14. The van der Waals surface area contributed by atoms with Crippen molar-refractivity contribution in [2.75, 3.05) is 18.0 Å². The van der Waals surface area contributed by atoms with Gasteiger partial charge in [0, 0.05) is 18.8 Å². The maximum atomic E-state index is 9.62. The second-order valence-electron chi connectivity index (χ2n) is 5.15. The van der Waals surface area contributed by atoms with Crippen LogP contribution in [0, 0.1) is 11.8 Å². The molecule has 0 bridgehead atoms. The van der Waals surface area contributed by atoms with E-state index in [0.717, 1.165) is 31.6 Å². The lowest BCUT2D eigenvalue weighted by atomic mass is 10.0. The van der Waals surface area contributed by atoms with E-state index in [1.54, 1.807) is 0 Å². The van der Waals surface area contributed by atoms with Crippen LogP contribution in [0.25, 0.3) is 0 Å². The summed E-state index contributed by atoms with van der Waals surface area (Å²) >= 11 is 12.0. The SMILES string of the molecule is OC1C[C@@H]2CN(c3ccc(Cl)c(Cl)c3)C[C@@H]2C1. The number of hydrogen-bond acceptors (Lipinski definition) is 2. The van der Waals surface area contributed by atoms with Crippen molar-refractivity contribution in [3.8, 4) is 0 Å². The molecule has 2 fully saturated rings. The molecule has 1 heterocycles. The van der Waals surface area contributed by atoms with Crippen LogP contribution in [0.5, 0.6) is 0 Å². The van der Waals surface area contributed by atoms with E-state index >= 15 is 0 Å². The third-order valence-corrected chi connectivity index (χ3v) is 4.73. The number of aliphatic hydroxyl groups is 1. The van der Waals surface area contributed by atoms with Crippen LogP contribution in [0.3, 0.4) is 0 Å². The molecule has 0 spiro atoms. The molecule has 17 heavy (non-hydrogen) atoms. The van der Waals surface area contributed by atoms with Gasteiger partial charge in [0.05, 0.1) is 16.1 Å². The first-order valence-electron chi connectivity index (χ1n) is 6.01. The van der Waals surface area contributed by atoms with Gasteiger partial charge < -0.3 is 10.0 Å². The Morgan fingerprint density at radius 1 is 1.06 bits per heavy atom. The van der Waals surface area contributed by atoms with Crippen molar-refractivity contribution in [2.45, 2.75) is 18.9 Å². The molecule has 1 unspecified atom stereocenters. The van der Waals surface area contributed by atoms with Gasteiger partial charge in [-0.05, 0) is 42.9 Å². The topological polar surface area (TPSA) is 23.5 Å². The van der Waals surface area contributed by atoms with Crippen molar-refractivity contribution in [2.24, 2.45) is 11.8 Å². The normalized spacial score (nSPS) is 31.9. The standard InChI is InChI=1S/C13H15Cl2NO/c14-12-2-1-10(5-13(12)15)16-6-8-3-11(17)4-9(8)7-16/h1-2,5,8-9,11,17H,3-4,6-7H2/t8-,9+,11?.